The first-order valence-electron chi connectivity index (χ1n) is 13.6. The Morgan fingerprint density at radius 2 is 0.732 bits per heavy atom. The van der Waals surface area contributed by atoms with Crippen LogP contribution < -0.4 is 0 Å². The zero-order valence-corrected chi connectivity index (χ0v) is 23.7. The molecule has 0 aliphatic heterocycles. The number of benzene rings is 4. The predicted molar refractivity (Wildman–Crippen MR) is 170 cm³/mol. The van der Waals surface area contributed by atoms with Gasteiger partial charge >= 0.3 is 0 Å². The summed E-state index contributed by atoms with van der Waals surface area (Å²) < 4.78 is 4.44. The lowest BCUT2D eigenvalue weighted by Gasteiger charge is -2.08. The van der Waals surface area contributed by atoms with Gasteiger partial charge in [-0.15, -0.1) is 11.3 Å². The minimum absolute atomic E-state index is 0.944. The standard InChI is InChI=1S/C36H28N4S/c1-39-33(27-19-11-5-12-20-27)31(25-15-7-3-8-16-25)37-35(39)29-23-24-30(41-29)36-38-32(26-17-9-4-10-18-26)34(40(36)2)28-21-13-6-14-22-28/h3-24H,1-2H3. The molecule has 3 heterocycles. The number of aromatic nitrogens is 4. The summed E-state index contributed by atoms with van der Waals surface area (Å²) in [6.45, 7) is 0. The first-order valence-corrected chi connectivity index (χ1v) is 14.5. The third-order valence-corrected chi connectivity index (χ3v) is 8.50. The lowest BCUT2D eigenvalue weighted by atomic mass is 10.1. The van der Waals surface area contributed by atoms with Gasteiger partial charge in [-0.1, -0.05) is 121 Å². The predicted octanol–water partition coefficient (Wildman–Crippen LogP) is 9.22. The van der Waals surface area contributed by atoms with E-state index < -0.39 is 0 Å². The minimum atomic E-state index is 0.944. The molecule has 198 valence electrons. The molecule has 4 aromatic carbocycles. The van der Waals surface area contributed by atoms with E-state index in [1.807, 2.05) is 12.1 Å². The van der Waals surface area contributed by atoms with Crippen molar-refractivity contribution in [1.82, 2.24) is 19.1 Å². The van der Waals surface area contributed by atoms with Gasteiger partial charge in [0.15, 0.2) is 11.6 Å². The van der Waals surface area contributed by atoms with Gasteiger partial charge in [-0.25, -0.2) is 9.97 Å². The summed E-state index contributed by atoms with van der Waals surface area (Å²) in [5, 5.41) is 0. The molecule has 0 unspecified atom stereocenters. The van der Waals surface area contributed by atoms with Crippen molar-refractivity contribution in [3.63, 3.8) is 0 Å². The molecule has 0 saturated carbocycles. The third-order valence-electron chi connectivity index (χ3n) is 7.43. The minimum Gasteiger partial charge on any atom is -0.326 e. The van der Waals surface area contributed by atoms with Crippen LogP contribution in [-0.4, -0.2) is 19.1 Å². The van der Waals surface area contributed by atoms with E-state index in [2.05, 4.69) is 145 Å². The van der Waals surface area contributed by atoms with Crippen molar-refractivity contribution in [3.05, 3.63) is 133 Å². The lowest BCUT2D eigenvalue weighted by Crippen LogP contribution is -1.95. The normalized spacial score (nSPS) is 11.2. The van der Waals surface area contributed by atoms with Crippen LogP contribution in [-0.2, 0) is 14.1 Å². The highest BCUT2D eigenvalue weighted by Gasteiger charge is 2.23. The van der Waals surface area contributed by atoms with E-state index in [0.29, 0.717) is 0 Å². The van der Waals surface area contributed by atoms with Crippen molar-refractivity contribution >= 4 is 11.3 Å². The second kappa shape index (κ2) is 10.5. The van der Waals surface area contributed by atoms with Crippen LogP contribution in [0.1, 0.15) is 0 Å². The lowest BCUT2D eigenvalue weighted by molar-refractivity contribution is 0.936. The fraction of sp³-hybridized carbons (Fsp3) is 0.0556. The highest BCUT2D eigenvalue weighted by atomic mass is 32.1. The fourth-order valence-electron chi connectivity index (χ4n) is 5.46. The maximum Gasteiger partial charge on any atom is 0.151 e. The molecular weight excluding hydrogens is 520 g/mol. The molecule has 0 aliphatic carbocycles. The third kappa shape index (κ3) is 4.50. The van der Waals surface area contributed by atoms with Crippen LogP contribution in [0.5, 0.6) is 0 Å². The van der Waals surface area contributed by atoms with Crippen LogP contribution >= 0.6 is 11.3 Å². The van der Waals surface area contributed by atoms with Crippen molar-refractivity contribution in [1.29, 1.82) is 0 Å². The SMILES string of the molecule is Cn1c(-c2ccc(-c3nc(-c4ccccc4)c(-c4ccccc4)n3C)s2)nc(-c2ccccc2)c1-c1ccccc1. The topological polar surface area (TPSA) is 35.6 Å². The van der Waals surface area contributed by atoms with Gasteiger partial charge in [-0.3, -0.25) is 0 Å². The molecule has 7 rings (SSSR count). The summed E-state index contributed by atoms with van der Waals surface area (Å²) in [6, 6.07) is 46.2. The van der Waals surface area contributed by atoms with Crippen LogP contribution in [0.15, 0.2) is 133 Å². The van der Waals surface area contributed by atoms with E-state index >= 15 is 0 Å². The number of thiophene rings is 1. The average Bonchev–Trinajstić information content (AvgIpc) is 3.74. The first-order chi connectivity index (χ1) is 20.2. The molecule has 0 bridgehead atoms. The van der Waals surface area contributed by atoms with Gasteiger partial charge in [0.05, 0.1) is 32.5 Å². The molecule has 0 atom stereocenters. The van der Waals surface area contributed by atoms with E-state index in [9.17, 15) is 0 Å². The van der Waals surface area contributed by atoms with Gasteiger partial charge in [-0.2, -0.15) is 0 Å². The van der Waals surface area contributed by atoms with Gasteiger partial charge in [0.1, 0.15) is 0 Å². The molecule has 41 heavy (non-hydrogen) atoms. The Morgan fingerprint density at radius 3 is 1.07 bits per heavy atom. The summed E-state index contributed by atoms with van der Waals surface area (Å²) >= 11 is 1.73. The van der Waals surface area contributed by atoms with E-state index in [4.69, 9.17) is 9.97 Å². The van der Waals surface area contributed by atoms with Crippen LogP contribution in [0.2, 0.25) is 0 Å². The van der Waals surface area contributed by atoms with Gasteiger partial charge in [-0.05, 0) is 12.1 Å². The van der Waals surface area contributed by atoms with E-state index in [0.717, 1.165) is 66.4 Å². The van der Waals surface area contributed by atoms with Crippen molar-refractivity contribution < 1.29 is 0 Å². The number of hydrogen-bond acceptors (Lipinski definition) is 3. The summed E-state index contributed by atoms with van der Waals surface area (Å²) in [6.07, 6.45) is 0. The molecular formula is C36H28N4S. The van der Waals surface area contributed by atoms with Gasteiger partial charge in [0.25, 0.3) is 0 Å². The molecule has 7 aromatic rings. The monoisotopic (exact) mass is 548 g/mol. The maximum absolute atomic E-state index is 5.22. The second-order valence-electron chi connectivity index (χ2n) is 10.0. The molecule has 3 aromatic heterocycles. The van der Waals surface area contributed by atoms with Gasteiger partial charge < -0.3 is 9.13 Å². The number of imidazole rings is 2. The van der Waals surface area contributed by atoms with E-state index in [1.54, 1.807) is 11.3 Å². The molecule has 0 N–H and O–H groups in total. The maximum atomic E-state index is 5.22. The molecule has 0 saturated heterocycles. The Hall–Kier alpha value is -5.00. The Bertz CT molecular complexity index is 1790. The summed E-state index contributed by atoms with van der Waals surface area (Å²) in [7, 11) is 4.22. The summed E-state index contributed by atoms with van der Waals surface area (Å²) in [5.74, 6) is 1.89. The Kier molecular flexibility index (Phi) is 6.42. The molecule has 5 heteroatoms. The Labute approximate surface area is 243 Å². The molecule has 0 amide bonds. The number of nitrogens with zero attached hydrogens (tertiary/aromatic N) is 4. The van der Waals surface area contributed by atoms with Crippen LogP contribution in [0.4, 0.5) is 0 Å². The first kappa shape index (κ1) is 25.0. The number of rotatable bonds is 6. The molecule has 0 fully saturated rings. The molecule has 4 nitrogen and oxygen atoms in total. The Balaban J connectivity index is 1.37. The van der Waals surface area contributed by atoms with Gasteiger partial charge in [0.2, 0.25) is 0 Å². The highest BCUT2D eigenvalue weighted by Crippen LogP contribution is 2.41. The summed E-state index contributed by atoms with van der Waals surface area (Å²) in [4.78, 5) is 12.6. The van der Waals surface area contributed by atoms with Gasteiger partial charge in [0, 0.05) is 36.3 Å². The largest absolute Gasteiger partial charge is 0.326 e. The quantitative estimate of drug-likeness (QED) is 0.208. The van der Waals surface area contributed by atoms with Crippen LogP contribution in [0.3, 0.4) is 0 Å². The second-order valence-corrected chi connectivity index (χ2v) is 11.1. The van der Waals surface area contributed by atoms with Crippen LogP contribution in [0, 0.1) is 0 Å². The molecule has 0 spiro atoms. The Morgan fingerprint density at radius 1 is 0.415 bits per heavy atom. The highest BCUT2D eigenvalue weighted by molar-refractivity contribution is 7.18. The molecule has 0 aliphatic rings. The number of hydrogen-bond donors (Lipinski definition) is 0. The van der Waals surface area contributed by atoms with E-state index in [1.165, 1.54) is 0 Å². The zero-order valence-electron chi connectivity index (χ0n) is 22.9. The average molecular weight is 549 g/mol. The smallest absolute Gasteiger partial charge is 0.151 e. The van der Waals surface area contributed by atoms with Crippen molar-refractivity contribution in [2.24, 2.45) is 14.1 Å². The van der Waals surface area contributed by atoms with E-state index in [-0.39, 0.29) is 0 Å². The van der Waals surface area contributed by atoms with Crippen LogP contribution in [0.25, 0.3) is 66.4 Å². The van der Waals surface area contributed by atoms with Crippen molar-refractivity contribution in [2.45, 2.75) is 0 Å². The van der Waals surface area contributed by atoms with Crippen molar-refractivity contribution in [3.8, 4) is 66.4 Å². The van der Waals surface area contributed by atoms with Crippen molar-refractivity contribution in [2.75, 3.05) is 0 Å². The summed E-state index contributed by atoms with van der Waals surface area (Å²) in [5.41, 5.74) is 8.69. The zero-order chi connectivity index (χ0) is 27.8. The fourth-order valence-corrected chi connectivity index (χ4v) is 6.52. The molecule has 0 radical (unpaired) electrons.